The zero-order valence-electron chi connectivity index (χ0n) is 7.09. The summed E-state index contributed by atoms with van der Waals surface area (Å²) in [7, 11) is 0. The third kappa shape index (κ3) is 6.45. The van der Waals surface area contributed by atoms with Crippen molar-refractivity contribution in [3.05, 3.63) is 0 Å². The van der Waals surface area contributed by atoms with Crippen LogP contribution in [-0.4, -0.2) is 43.9 Å². The minimum absolute atomic E-state index is 0.0925. The summed E-state index contributed by atoms with van der Waals surface area (Å²) in [5, 5.41) is 11.3. The van der Waals surface area contributed by atoms with Gasteiger partial charge >= 0.3 is 0 Å². The van der Waals surface area contributed by atoms with Gasteiger partial charge in [-0.3, -0.25) is 0 Å². The number of halogens is 2. The van der Waals surface area contributed by atoms with Crippen molar-refractivity contribution in [2.75, 3.05) is 26.3 Å². The molecule has 0 aromatic heterocycles. The summed E-state index contributed by atoms with van der Waals surface area (Å²) in [5.74, 6) is 0. The minimum Gasteiger partial charge on any atom is -0.386 e. The van der Waals surface area contributed by atoms with Crippen molar-refractivity contribution in [3.8, 4) is 0 Å². The Morgan fingerprint density at radius 3 is 2.67 bits per heavy atom. The van der Waals surface area contributed by atoms with E-state index in [4.69, 9.17) is 9.84 Å². The number of rotatable bonds is 7. The van der Waals surface area contributed by atoms with Crippen LogP contribution in [0.4, 0.5) is 8.78 Å². The van der Waals surface area contributed by atoms with E-state index in [1.54, 1.807) is 0 Å². The maximum absolute atomic E-state index is 11.7. The van der Waals surface area contributed by atoms with E-state index in [9.17, 15) is 8.78 Å². The van der Waals surface area contributed by atoms with Crippen LogP contribution in [0.15, 0.2) is 0 Å². The third-order valence-corrected chi connectivity index (χ3v) is 1.27. The molecule has 3 nitrogen and oxygen atoms in total. The van der Waals surface area contributed by atoms with Crippen LogP contribution in [0.2, 0.25) is 0 Å². The number of aliphatic hydroxyl groups is 1. The second-order valence-electron chi connectivity index (χ2n) is 2.30. The van der Waals surface area contributed by atoms with Crippen molar-refractivity contribution < 1.29 is 18.6 Å². The summed E-state index contributed by atoms with van der Waals surface area (Å²) >= 11 is 0. The molecule has 0 spiro atoms. The molecule has 0 aromatic carbocycles. The fourth-order valence-corrected chi connectivity index (χ4v) is 0.628. The molecule has 0 aliphatic heterocycles. The Morgan fingerprint density at radius 2 is 2.17 bits per heavy atom. The lowest BCUT2D eigenvalue weighted by atomic mass is 10.4. The van der Waals surface area contributed by atoms with Gasteiger partial charge in [-0.2, -0.15) is 0 Å². The summed E-state index contributed by atoms with van der Waals surface area (Å²) in [6.45, 7) is 3.34. The minimum atomic E-state index is -2.68. The van der Waals surface area contributed by atoms with Gasteiger partial charge in [0.25, 0.3) is 6.43 Å². The summed E-state index contributed by atoms with van der Waals surface area (Å²) in [6.07, 6.45) is -4.25. The molecule has 0 bridgehead atoms. The van der Waals surface area contributed by atoms with Crippen LogP contribution >= 0.6 is 0 Å². The molecule has 0 fully saturated rings. The number of hydrogen-bond acceptors (Lipinski definition) is 3. The van der Waals surface area contributed by atoms with Gasteiger partial charge in [0, 0.05) is 19.7 Å². The number of nitrogens with one attached hydrogen (secondary N) is 1. The summed E-state index contributed by atoms with van der Waals surface area (Å²) in [5.41, 5.74) is 0. The normalized spacial score (nSPS) is 13.8. The SMILES string of the molecule is CCOCCNCC(O)C(F)F. The summed E-state index contributed by atoms with van der Waals surface area (Å²) in [4.78, 5) is 0. The fourth-order valence-electron chi connectivity index (χ4n) is 0.628. The van der Waals surface area contributed by atoms with E-state index in [2.05, 4.69) is 5.32 Å². The van der Waals surface area contributed by atoms with Gasteiger partial charge in [-0.1, -0.05) is 0 Å². The fraction of sp³-hybridized carbons (Fsp3) is 1.00. The first-order valence-corrected chi connectivity index (χ1v) is 3.93. The topological polar surface area (TPSA) is 41.5 Å². The Kier molecular flexibility index (Phi) is 7.23. The molecule has 74 valence electrons. The van der Waals surface area contributed by atoms with Crippen molar-refractivity contribution in [2.45, 2.75) is 19.5 Å². The van der Waals surface area contributed by atoms with Gasteiger partial charge in [0.15, 0.2) is 0 Å². The highest BCUT2D eigenvalue weighted by Gasteiger charge is 2.15. The average molecular weight is 183 g/mol. The molecule has 0 aliphatic carbocycles. The van der Waals surface area contributed by atoms with Gasteiger partial charge in [-0.25, -0.2) is 8.78 Å². The molecular weight excluding hydrogens is 168 g/mol. The Morgan fingerprint density at radius 1 is 1.50 bits per heavy atom. The van der Waals surface area contributed by atoms with Gasteiger partial charge < -0.3 is 15.2 Å². The average Bonchev–Trinajstić information content (AvgIpc) is 2.03. The van der Waals surface area contributed by atoms with Crippen LogP contribution < -0.4 is 5.32 Å². The monoisotopic (exact) mass is 183 g/mol. The number of ether oxygens (including phenoxy) is 1. The first kappa shape index (κ1) is 11.7. The van der Waals surface area contributed by atoms with Gasteiger partial charge in [0.1, 0.15) is 6.10 Å². The quantitative estimate of drug-likeness (QED) is 0.555. The van der Waals surface area contributed by atoms with E-state index in [0.717, 1.165) is 0 Å². The van der Waals surface area contributed by atoms with Crippen LogP contribution in [0, 0.1) is 0 Å². The van der Waals surface area contributed by atoms with Gasteiger partial charge in [-0.15, -0.1) is 0 Å². The Balaban J connectivity index is 3.08. The molecule has 0 rings (SSSR count). The van der Waals surface area contributed by atoms with Crippen LogP contribution in [0.25, 0.3) is 0 Å². The molecule has 0 amide bonds. The zero-order chi connectivity index (χ0) is 9.40. The molecule has 0 saturated heterocycles. The maximum atomic E-state index is 11.7. The van der Waals surface area contributed by atoms with E-state index in [0.29, 0.717) is 19.8 Å². The highest BCUT2D eigenvalue weighted by Crippen LogP contribution is 1.97. The molecule has 12 heavy (non-hydrogen) atoms. The Bertz CT molecular complexity index is 103. The van der Waals surface area contributed by atoms with E-state index in [1.807, 2.05) is 6.92 Å². The first-order valence-electron chi connectivity index (χ1n) is 3.93. The second-order valence-corrected chi connectivity index (χ2v) is 2.30. The largest absolute Gasteiger partial charge is 0.386 e. The predicted molar refractivity (Wildman–Crippen MR) is 41.4 cm³/mol. The number of aliphatic hydroxyl groups excluding tert-OH is 1. The highest BCUT2D eigenvalue weighted by molar-refractivity contribution is 4.60. The smallest absolute Gasteiger partial charge is 0.265 e. The van der Waals surface area contributed by atoms with Crippen LogP contribution in [0.1, 0.15) is 6.92 Å². The second kappa shape index (κ2) is 7.39. The van der Waals surface area contributed by atoms with E-state index >= 15 is 0 Å². The van der Waals surface area contributed by atoms with Crippen molar-refractivity contribution in [1.82, 2.24) is 5.32 Å². The maximum Gasteiger partial charge on any atom is 0.265 e. The van der Waals surface area contributed by atoms with Crippen molar-refractivity contribution in [1.29, 1.82) is 0 Å². The highest BCUT2D eigenvalue weighted by atomic mass is 19.3. The molecule has 0 heterocycles. The van der Waals surface area contributed by atoms with Gasteiger partial charge in [0.05, 0.1) is 6.61 Å². The number of alkyl halides is 2. The molecule has 0 aromatic rings. The van der Waals surface area contributed by atoms with Crippen molar-refractivity contribution in [3.63, 3.8) is 0 Å². The zero-order valence-corrected chi connectivity index (χ0v) is 7.09. The van der Waals surface area contributed by atoms with Gasteiger partial charge in [0.2, 0.25) is 0 Å². The lowest BCUT2D eigenvalue weighted by molar-refractivity contribution is -0.00404. The summed E-state index contributed by atoms with van der Waals surface area (Å²) < 4.78 is 28.3. The molecular formula is C7H15F2NO2. The Hall–Kier alpha value is -0.260. The van der Waals surface area contributed by atoms with Crippen LogP contribution in [0.3, 0.4) is 0 Å². The predicted octanol–water partition coefficient (Wildman–Crippen LogP) is 0.239. The molecule has 0 aliphatic rings. The Labute approximate surface area is 70.7 Å². The molecule has 1 unspecified atom stereocenters. The third-order valence-electron chi connectivity index (χ3n) is 1.27. The first-order chi connectivity index (χ1) is 5.68. The molecule has 0 saturated carbocycles. The lowest BCUT2D eigenvalue weighted by Gasteiger charge is -2.10. The van der Waals surface area contributed by atoms with E-state index < -0.39 is 12.5 Å². The summed E-state index contributed by atoms with van der Waals surface area (Å²) in [6, 6.07) is 0. The standard InChI is InChI=1S/C7H15F2NO2/c1-2-12-4-3-10-5-6(11)7(8)9/h6-7,10-11H,2-5H2,1H3. The van der Waals surface area contributed by atoms with E-state index in [1.165, 1.54) is 0 Å². The van der Waals surface area contributed by atoms with Crippen molar-refractivity contribution >= 4 is 0 Å². The molecule has 5 heteroatoms. The van der Waals surface area contributed by atoms with E-state index in [-0.39, 0.29) is 6.54 Å². The molecule has 1 atom stereocenters. The van der Waals surface area contributed by atoms with Crippen LogP contribution in [-0.2, 0) is 4.74 Å². The van der Waals surface area contributed by atoms with Gasteiger partial charge in [-0.05, 0) is 6.92 Å². The van der Waals surface area contributed by atoms with Crippen molar-refractivity contribution in [2.24, 2.45) is 0 Å². The number of hydrogen-bond donors (Lipinski definition) is 2. The molecule has 2 N–H and O–H groups in total. The van der Waals surface area contributed by atoms with Crippen LogP contribution in [0.5, 0.6) is 0 Å². The molecule has 0 radical (unpaired) electrons. The lowest BCUT2D eigenvalue weighted by Crippen LogP contribution is -2.33.